The zero-order valence-corrected chi connectivity index (χ0v) is 10.2. The van der Waals surface area contributed by atoms with Crippen LogP contribution in [-0.2, 0) is 6.42 Å². The molecule has 1 unspecified atom stereocenters. The molecule has 1 aromatic carbocycles. The zero-order valence-electron chi connectivity index (χ0n) is 10.2. The second kappa shape index (κ2) is 4.92. The second-order valence-corrected chi connectivity index (χ2v) is 5.13. The first-order chi connectivity index (χ1) is 8.42. The minimum Gasteiger partial charge on any atom is -0.384 e. The number of para-hydroxylation sites is 1. The maximum Gasteiger partial charge on any atom is 0.0372 e. The van der Waals surface area contributed by atoms with Gasteiger partial charge in [0.05, 0.1) is 0 Å². The molecule has 0 aliphatic carbocycles. The molecule has 1 N–H and O–H groups in total. The Bertz CT molecular complexity index is 411. The summed E-state index contributed by atoms with van der Waals surface area (Å²) in [6.07, 6.45) is 7.04. The van der Waals surface area contributed by atoms with Crippen LogP contribution in [0.15, 0.2) is 36.4 Å². The number of hydrogen-bond donors (Lipinski definition) is 1. The lowest BCUT2D eigenvalue weighted by Crippen LogP contribution is -2.37. The standard InChI is InChI=1S/C15H20N2/c1-4-8-17(9-5-1)12-13-10-14-6-2-3-7-15(14)16-11-13/h1-4,6-7,13,16H,5,8-12H2. The minimum atomic E-state index is 0.761. The predicted octanol–water partition coefficient (Wildman–Crippen LogP) is 2.53. The molecule has 0 fully saturated rings. The van der Waals surface area contributed by atoms with Crippen LogP contribution in [-0.4, -0.2) is 31.1 Å². The summed E-state index contributed by atoms with van der Waals surface area (Å²) in [5, 5.41) is 3.56. The van der Waals surface area contributed by atoms with Gasteiger partial charge in [-0.25, -0.2) is 0 Å². The van der Waals surface area contributed by atoms with Gasteiger partial charge in [0.1, 0.15) is 0 Å². The molecule has 1 atom stereocenters. The summed E-state index contributed by atoms with van der Waals surface area (Å²) in [4.78, 5) is 2.57. The summed E-state index contributed by atoms with van der Waals surface area (Å²) in [6, 6.07) is 8.70. The Morgan fingerprint density at radius 2 is 2.18 bits per heavy atom. The van der Waals surface area contributed by atoms with Crippen molar-refractivity contribution in [3.8, 4) is 0 Å². The number of rotatable bonds is 2. The van der Waals surface area contributed by atoms with E-state index >= 15 is 0 Å². The van der Waals surface area contributed by atoms with Crippen molar-refractivity contribution in [3.63, 3.8) is 0 Å². The summed E-state index contributed by atoms with van der Waals surface area (Å²) in [6.45, 7) is 4.72. The molecule has 2 aliphatic heterocycles. The van der Waals surface area contributed by atoms with Crippen molar-refractivity contribution < 1.29 is 0 Å². The van der Waals surface area contributed by atoms with Gasteiger partial charge >= 0.3 is 0 Å². The largest absolute Gasteiger partial charge is 0.384 e. The fourth-order valence-corrected chi connectivity index (χ4v) is 2.86. The molecular weight excluding hydrogens is 208 g/mol. The van der Waals surface area contributed by atoms with E-state index in [1.54, 1.807) is 0 Å². The summed E-state index contributed by atoms with van der Waals surface area (Å²) in [5.41, 5.74) is 2.82. The van der Waals surface area contributed by atoms with Crippen molar-refractivity contribution in [1.82, 2.24) is 4.90 Å². The second-order valence-electron chi connectivity index (χ2n) is 5.13. The highest BCUT2D eigenvalue weighted by atomic mass is 15.1. The average Bonchev–Trinajstić information content (AvgIpc) is 2.40. The van der Waals surface area contributed by atoms with Crippen molar-refractivity contribution in [2.24, 2.45) is 5.92 Å². The lowest BCUT2D eigenvalue weighted by Gasteiger charge is -2.32. The molecule has 0 radical (unpaired) electrons. The predicted molar refractivity (Wildman–Crippen MR) is 72.3 cm³/mol. The molecule has 2 heterocycles. The molecule has 0 spiro atoms. The lowest BCUT2D eigenvalue weighted by atomic mass is 9.93. The van der Waals surface area contributed by atoms with Gasteiger partial charge in [-0.15, -0.1) is 0 Å². The Morgan fingerprint density at radius 1 is 1.24 bits per heavy atom. The number of nitrogens with one attached hydrogen (secondary N) is 1. The van der Waals surface area contributed by atoms with E-state index in [0.29, 0.717) is 0 Å². The van der Waals surface area contributed by atoms with Crippen LogP contribution in [0.2, 0.25) is 0 Å². The van der Waals surface area contributed by atoms with Crippen LogP contribution in [0.3, 0.4) is 0 Å². The summed E-state index contributed by atoms with van der Waals surface area (Å²) in [5.74, 6) is 0.761. The van der Waals surface area contributed by atoms with Gasteiger partial charge in [-0.3, -0.25) is 4.90 Å². The van der Waals surface area contributed by atoms with Gasteiger partial charge < -0.3 is 5.32 Å². The molecule has 0 saturated carbocycles. The first-order valence-electron chi connectivity index (χ1n) is 6.61. The van der Waals surface area contributed by atoms with Gasteiger partial charge in [0.2, 0.25) is 0 Å². The van der Waals surface area contributed by atoms with Crippen LogP contribution in [0.25, 0.3) is 0 Å². The van der Waals surface area contributed by atoms with Crippen LogP contribution in [0.1, 0.15) is 12.0 Å². The van der Waals surface area contributed by atoms with E-state index < -0.39 is 0 Å². The van der Waals surface area contributed by atoms with E-state index in [-0.39, 0.29) is 0 Å². The fraction of sp³-hybridized carbons (Fsp3) is 0.467. The molecule has 3 rings (SSSR count). The van der Waals surface area contributed by atoms with E-state index in [1.165, 1.54) is 37.2 Å². The van der Waals surface area contributed by atoms with Crippen molar-refractivity contribution in [3.05, 3.63) is 42.0 Å². The molecule has 1 aromatic rings. The molecule has 0 saturated heterocycles. The van der Waals surface area contributed by atoms with E-state index in [9.17, 15) is 0 Å². The average molecular weight is 228 g/mol. The fourth-order valence-electron chi connectivity index (χ4n) is 2.86. The van der Waals surface area contributed by atoms with Gasteiger partial charge in [-0.2, -0.15) is 0 Å². The normalized spacial score (nSPS) is 24.1. The first-order valence-corrected chi connectivity index (χ1v) is 6.61. The SMILES string of the molecule is C1=CCN(CC2CNc3ccccc3C2)CC1. The Morgan fingerprint density at radius 3 is 3.06 bits per heavy atom. The van der Waals surface area contributed by atoms with E-state index in [0.717, 1.165) is 19.0 Å². The number of fused-ring (bicyclic) bond motifs is 1. The number of nitrogens with zero attached hydrogens (tertiary/aromatic N) is 1. The summed E-state index contributed by atoms with van der Waals surface area (Å²) >= 11 is 0. The van der Waals surface area contributed by atoms with Crippen LogP contribution in [0, 0.1) is 5.92 Å². The van der Waals surface area contributed by atoms with Crippen LogP contribution >= 0.6 is 0 Å². The van der Waals surface area contributed by atoms with E-state index in [1.807, 2.05) is 0 Å². The zero-order chi connectivity index (χ0) is 11.5. The van der Waals surface area contributed by atoms with Gasteiger partial charge in [0, 0.05) is 31.9 Å². The molecule has 0 amide bonds. The van der Waals surface area contributed by atoms with Gasteiger partial charge in [-0.1, -0.05) is 30.4 Å². The van der Waals surface area contributed by atoms with Crippen LogP contribution in [0.4, 0.5) is 5.69 Å². The highest BCUT2D eigenvalue weighted by molar-refractivity contribution is 5.53. The lowest BCUT2D eigenvalue weighted by molar-refractivity contribution is 0.251. The van der Waals surface area contributed by atoms with Crippen LogP contribution < -0.4 is 5.32 Å². The van der Waals surface area contributed by atoms with Gasteiger partial charge in [-0.05, 0) is 30.4 Å². The van der Waals surface area contributed by atoms with E-state index in [2.05, 4.69) is 46.6 Å². The molecule has 2 heteroatoms. The van der Waals surface area contributed by atoms with Gasteiger partial charge in [0.15, 0.2) is 0 Å². The Balaban J connectivity index is 1.62. The molecule has 90 valence electrons. The molecule has 2 aliphatic rings. The number of anilines is 1. The molecule has 2 nitrogen and oxygen atoms in total. The van der Waals surface area contributed by atoms with E-state index in [4.69, 9.17) is 0 Å². The van der Waals surface area contributed by atoms with Gasteiger partial charge in [0.25, 0.3) is 0 Å². The smallest absolute Gasteiger partial charge is 0.0372 e. The Hall–Kier alpha value is -1.28. The highest BCUT2D eigenvalue weighted by Crippen LogP contribution is 2.24. The third kappa shape index (κ3) is 2.52. The maximum atomic E-state index is 3.56. The Kier molecular flexibility index (Phi) is 3.14. The summed E-state index contributed by atoms with van der Waals surface area (Å²) in [7, 11) is 0. The van der Waals surface area contributed by atoms with Crippen molar-refractivity contribution in [2.45, 2.75) is 12.8 Å². The molecular formula is C15H20N2. The van der Waals surface area contributed by atoms with Crippen molar-refractivity contribution in [2.75, 3.05) is 31.5 Å². The third-order valence-corrected chi connectivity index (χ3v) is 3.77. The first kappa shape index (κ1) is 10.8. The molecule has 0 aromatic heterocycles. The highest BCUT2D eigenvalue weighted by Gasteiger charge is 2.20. The number of hydrogen-bond acceptors (Lipinski definition) is 2. The quantitative estimate of drug-likeness (QED) is 0.783. The van der Waals surface area contributed by atoms with Crippen LogP contribution in [0.5, 0.6) is 0 Å². The topological polar surface area (TPSA) is 15.3 Å². The number of benzene rings is 1. The summed E-state index contributed by atoms with van der Waals surface area (Å²) < 4.78 is 0. The Labute approximate surface area is 103 Å². The van der Waals surface area contributed by atoms with Crippen molar-refractivity contribution in [1.29, 1.82) is 0 Å². The molecule has 0 bridgehead atoms. The monoisotopic (exact) mass is 228 g/mol. The third-order valence-electron chi connectivity index (χ3n) is 3.77. The van der Waals surface area contributed by atoms with Crippen molar-refractivity contribution >= 4 is 5.69 Å². The molecule has 17 heavy (non-hydrogen) atoms. The maximum absolute atomic E-state index is 3.56. The minimum absolute atomic E-state index is 0.761.